The Labute approximate surface area is 321 Å². The molecule has 3 atom stereocenters. The molecule has 0 spiro atoms. The first-order valence-corrected chi connectivity index (χ1v) is 20.1. The number of piperazine rings is 1. The molecule has 290 valence electrons. The van der Waals surface area contributed by atoms with Crippen molar-refractivity contribution in [1.29, 1.82) is 0 Å². The van der Waals surface area contributed by atoms with Crippen LogP contribution >= 0.6 is 0 Å². The maximum Gasteiger partial charge on any atom is 0.255 e. The first-order chi connectivity index (χ1) is 26.8. The molecular weight excluding hydrogens is 702 g/mol. The number of rotatable bonds is 7. The van der Waals surface area contributed by atoms with E-state index in [4.69, 9.17) is 9.47 Å². The molecule has 0 aromatic heterocycles. The van der Waals surface area contributed by atoms with Crippen molar-refractivity contribution in [3.8, 4) is 11.5 Å². The summed E-state index contributed by atoms with van der Waals surface area (Å²) < 4.78 is 27.9. The second kappa shape index (κ2) is 15.1. The maximum absolute atomic E-state index is 16.1. The molecule has 2 N–H and O–H groups in total. The normalized spacial score (nSPS) is 25.4. The quantitative estimate of drug-likeness (QED) is 0.326. The first kappa shape index (κ1) is 36.0. The largest absolute Gasteiger partial charge is 0.508 e. The molecule has 3 aromatic carbocycles. The van der Waals surface area contributed by atoms with Crippen molar-refractivity contribution < 1.29 is 33.4 Å². The van der Waals surface area contributed by atoms with Crippen LogP contribution in [0.2, 0.25) is 0 Å². The second-order valence-corrected chi connectivity index (χ2v) is 16.3. The van der Waals surface area contributed by atoms with Crippen molar-refractivity contribution >= 4 is 29.1 Å². The number of phenolic OH excluding ortho intramolecular Hbond substituents is 1. The minimum Gasteiger partial charge on any atom is -0.508 e. The molecule has 0 bridgehead atoms. The number of imide groups is 1. The first-order valence-electron chi connectivity index (χ1n) is 20.1. The number of hydrogen-bond donors (Lipinski definition) is 2. The lowest BCUT2D eigenvalue weighted by molar-refractivity contribution is -0.136. The average molecular weight is 752 g/mol. The van der Waals surface area contributed by atoms with E-state index in [1.165, 1.54) is 0 Å². The van der Waals surface area contributed by atoms with Gasteiger partial charge in [0.2, 0.25) is 11.8 Å². The van der Waals surface area contributed by atoms with Crippen LogP contribution in [0.3, 0.4) is 0 Å². The maximum atomic E-state index is 16.1. The summed E-state index contributed by atoms with van der Waals surface area (Å²) in [5.41, 5.74) is 5.31. The molecular formula is C43H50FN5O6. The summed E-state index contributed by atoms with van der Waals surface area (Å²) in [5.74, 6) is 1.05. The number of nitrogens with zero attached hydrogens (tertiary/aromatic N) is 4. The molecule has 55 heavy (non-hydrogen) atoms. The Balaban J connectivity index is 0.787. The Kier molecular flexibility index (Phi) is 9.88. The van der Waals surface area contributed by atoms with E-state index in [0.29, 0.717) is 48.4 Å². The monoisotopic (exact) mass is 751 g/mol. The number of halogens is 1. The average Bonchev–Trinajstić information content (AvgIpc) is 3.53. The highest BCUT2D eigenvalue weighted by atomic mass is 19.1. The fourth-order valence-corrected chi connectivity index (χ4v) is 10.0. The molecule has 4 saturated heterocycles. The van der Waals surface area contributed by atoms with Crippen LogP contribution in [-0.4, -0.2) is 104 Å². The van der Waals surface area contributed by atoms with E-state index in [0.717, 1.165) is 107 Å². The Morgan fingerprint density at radius 1 is 0.836 bits per heavy atom. The van der Waals surface area contributed by atoms with Crippen LogP contribution in [0.4, 0.5) is 15.8 Å². The fraction of sp³-hybridized carbons (Fsp3) is 0.512. The summed E-state index contributed by atoms with van der Waals surface area (Å²) in [6.45, 7) is 8.81. The minimum absolute atomic E-state index is 0.00977. The van der Waals surface area contributed by atoms with Crippen LogP contribution in [0.5, 0.6) is 11.5 Å². The van der Waals surface area contributed by atoms with Gasteiger partial charge in [0, 0.05) is 107 Å². The molecule has 2 unspecified atom stereocenters. The Morgan fingerprint density at radius 2 is 1.64 bits per heavy atom. The standard InChI is InChI=1S/C43H50FN5O6/c44-36-22-29(41-34-5-3-32(50)23-39(34)55-26-35(41)28-11-19-54-20-12-28)1-6-37(36)48-13-9-27(10-14-48)24-46-15-17-47(18-16-46)31-2-4-33-30(21-31)25-49(43(33)53)38-7-8-40(51)45-42(38)52/h1-6,21-23,27-28,35,38,41,50H,7-20,24-26H2,(H,45,51,52)/t35-,38?,41?/m1/s1. The number of hydrogen-bond acceptors (Lipinski definition) is 9. The third-order valence-electron chi connectivity index (χ3n) is 13.1. The SMILES string of the molecule is O=C1CCC(N2Cc3cc(N4CCN(CC5CCN(c6ccc(C7c8ccc(O)cc8OC[C@@H]7C7CCOCC7)cc6F)CC5)CC4)ccc3C2=O)C(=O)N1. The zero-order valence-electron chi connectivity index (χ0n) is 31.3. The predicted molar refractivity (Wildman–Crippen MR) is 205 cm³/mol. The molecule has 4 fully saturated rings. The number of piperidine rings is 2. The number of benzene rings is 3. The topological polar surface area (TPSA) is 115 Å². The second-order valence-electron chi connectivity index (χ2n) is 16.3. The number of phenols is 1. The molecule has 0 saturated carbocycles. The number of anilines is 2. The van der Waals surface area contributed by atoms with Gasteiger partial charge >= 0.3 is 0 Å². The van der Waals surface area contributed by atoms with Crippen molar-refractivity contribution in [2.24, 2.45) is 17.8 Å². The van der Waals surface area contributed by atoms with Gasteiger partial charge in [0.05, 0.1) is 12.3 Å². The van der Waals surface area contributed by atoms with Gasteiger partial charge in [-0.15, -0.1) is 0 Å². The number of carbonyl (C=O) groups is 3. The highest BCUT2D eigenvalue weighted by molar-refractivity contribution is 6.05. The molecule has 6 aliphatic heterocycles. The highest BCUT2D eigenvalue weighted by Crippen LogP contribution is 2.48. The highest BCUT2D eigenvalue weighted by Gasteiger charge is 2.40. The van der Waals surface area contributed by atoms with Crippen LogP contribution in [0, 0.1) is 23.6 Å². The smallest absolute Gasteiger partial charge is 0.255 e. The number of carbonyl (C=O) groups excluding carboxylic acids is 3. The van der Waals surface area contributed by atoms with Crippen molar-refractivity contribution in [2.75, 3.05) is 75.4 Å². The van der Waals surface area contributed by atoms with Gasteiger partial charge in [-0.05, 0) is 91.5 Å². The summed E-state index contributed by atoms with van der Waals surface area (Å²) in [6, 6.07) is 16.5. The summed E-state index contributed by atoms with van der Waals surface area (Å²) in [6.07, 6.45) is 4.59. The molecule has 3 amide bonds. The van der Waals surface area contributed by atoms with Crippen LogP contribution < -0.4 is 19.9 Å². The van der Waals surface area contributed by atoms with Crippen LogP contribution in [0.1, 0.15) is 71.5 Å². The number of fused-ring (bicyclic) bond motifs is 2. The summed E-state index contributed by atoms with van der Waals surface area (Å²) in [4.78, 5) is 46.0. The van der Waals surface area contributed by atoms with E-state index < -0.39 is 6.04 Å². The molecule has 0 aliphatic carbocycles. The summed E-state index contributed by atoms with van der Waals surface area (Å²) >= 11 is 0. The van der Waals surface area contributed by atoms with Gasteiger partial charge in [-0.1, -0.05) is 12.1 Å². The molecule has 12 heteroatoms. The van der Waals surface area contributed by atoms with Gasteiger partial charge in [-0.3, -0.25) is 24.6 Å². The van der Waals surface area contributed by atoms with Crippen LogP contribution in [0.25, 0.3) is 0 Å². The lowest BCUT2D eigenvalue weighted by atomic mass is 9.71. The Morgan fingerprint density at radius 3 is 2.40 bits per heavy atom. The summed E-state index contributed by atoms with van der Waals surface area (Å²) in [7, 11) is 0. The molecule has 6 heterocycles. The van der Waals surface area contributed by atoms with Crippen LogP contribution in [-0.2, 0) is 20.9 Å². The van der Waals surface area contributed by atoms with Crippen molar-refractivity contribution in [3.05, 3.63) is 82.7 Å². The Bertz CT molecular complexity index is 1950. The van der Waals surface area contributed by atoms with E-state index in [1.807, 2.05) is 24.3 Å². The third-order valence-corrected chi connectivity index (χ3v) is 13.1. The van der Waals surface area contributed by atoms with Crippen molar-refractivity contribution in [1.82, 2.24) is 15.1 Å². The van der Waals surface area contributed by atoms with Gasteiger partial charge in [-0.25, -0.2) is 4.39 Å². The van der Waals surface area contributed by atoms with Gasteiger partial charge in [0.1, 0.15) is 23.4 Å². The minimum atomic E-state index is -0.607. The Hall–Kier alpha value is -4.68. The molecule has 11 nitrogen and oxygen atoms in total. The number of amides is 3. The number of aromatic hydroxyl groups is 1. The van der Waals surface area contributed by atoms with Crippen LogP contribution in [0.15, 0.2) is 54.6 Å². The third kappa shape index (κ3) is 7.15. The van der Waals surface area contributed by atoms with Crippen molar-refractivity contribution in [3.63, 3.8) is 0 Å². The van der Waals surface area contributed by atoms with E-state index in [-0.39, 0.29) is 47.5 Å². The van der Waals surface area contributed by atoms with E-state index in [9.17, 15) is 19.5 Å². The predicted octanol–water partition coefficient (Wildman–Crippen LogP) is 4.90. The molecule has 6 aliphatic rings. The fourth-order valence-electron chi connectivity index (χ4n) is 10.0. The van der Waals surface area contributed by atoms with E-state index >= 15 is 4.39 Å². The molecule has 9 rings (SSSR count). The van der Waals surface area contributed by atoms with Gasteiger partial charge in [-0.2, -0.15) is 0 Å². The number of ether oxygens (including phenoxy) is 2. The van der Waals surface area contributed by atoms with E-state index in [2.05, 4.69) is 32.1 Å². The van der Waals surface area contributed by atoms with Gasteiger partial charge in [0.25, 0.3) is 5.91 Å². The lowest BCUT2D eigenvalue weighted by Crippen LogP contribution is -2.52. The van der Waals surface area contributed by atoms with Crippen molar-refractivity contribution in [2.45, 2.75) is 57.0 Å². The molecule has 0 radical (unpaired) electrons. The number of nitrogens with one attached hydrogen (secondary N) is 1. The zero-order valence-corrected chi connectivity index (χ0v) is 31.3. The summed E-state index contributed by atoms with van der Waals surface area (Å²) in [5, 5.41) is 12.5. The van der Waals surface area contributed by atoms with E-state index in [1.54, 1.807) is 23.1 Å². The molecule has 3 aromatic rings. The lowest BCUT2D eigenvalue weighted by Gasteiger charge is -2.41. The zero-order chi connectivity index (χ0) is 37.6. The van der Waals surface area contributed by atoms with Gasteiger partial charge < -0.3 is 29.3 Å². The van der Waals surface area contributed by atoms with Gasteiger partial charge in [0.15, 0.2) is 0 Å².